The quantitative estimate of drug-likeness (QED) is 0.400. The number of benzene rings is 3. The number of esters is 1. The molecule has 0 bridgehead atoms. The molecule has 0 aliphatic carbocycles. The predicted molar refractivity (Wildman–Crippen MR) is 121 cm³/mol. The number of ether oxygens (including phenoxy) is 1. The van der Waals surface area contributed by atoms with Gasteiger partial charge in [0.15, 0.2) is 5.76 Å². The van der Waals surface area contributed by atoms with Gasteiger partial charge in [-0.25, -0.2) is 17.9 Å². The van der Waals surface area contributed by atoms with E-state index in [-0.39, 0.29) is 23.1 Å². The van der Waals surface area contributed by atoms with Gasteiger partial charge in [0.1, 0.15) is 5.69 Å². The maximum Gasteiger partial charge on any atom is 0.338 e. The van der Waals surface area contributed by atoms with Crippen LogP contribution in [0.4, 0.5) is 6.01 Å². The highest BCUT2D eigenvalue weighted by atomic mass is 32.2. The Balaban J connectivity index is 1.67. The average molecular weight is 449 g/mol. The first-order valence-electron chi connectivity index (χ1n) is 9.89. The molecule has 0 saturated heterocycles. The number of anilines is 1. The first-order chi connectivity index (χ1) is 15.5. The molecule has 0 unspecified atom stereocenters. The van der Waals surface area contributed by atoms with Crippen molar-refractivity contribution >= 4 is 22.0 Å². The highest BCUT2D eigenvalue weighted by Gasteiger charge is 2.22. The SMILES string of the molecule is CCOC(=O)c1ccc(S(=O)(=O)Nc2nc(-c3ccccc3)c(-c3ccccc3)o2)cc1. The van der Waals surface area contributed by atoms with Gasteiger partial charge in [0.25, 0.3) is 10.0 Å². The van der Waals surface area contributed by atoms with E-state index in [4.69, 9.17) is 9.15 Å². The van der Waals surface area contributed by atoms with Crippen LogP contribution in [0.2, 0.25) is 0 Å². The van der Waals surface area contributed by atoms with Crippen molar-refractivity contribution in [2.24, 2.45) is 0 Å². The van der Waals surface area contributed by atoms with Gasteiger partial charge in [-0.1, -0.05) is 60.7 Å². The molecule has 3 aromatic carbocycles. The summed E-state index contributed by atoms with van der Waals surface area (Å²) in [5, 5.41) is 0. The van der Waals surface area contributed by atoms with Gasteiger partial charge >= 0.3 is 12.0 Å². The van der Waals surface area contributed by atoms with Gasteiger partial charge in [-0.05, 0) is 31.2 Å². The number of aromatic nitrogens is 1. The Labute approximate surface area is 185 Å². The Morgan fingerprint density at radius 2 is 1.50 bits per heavy atom. The van der Waals surface area contributed by atoms with Crippen molar-refractivity contribution in [3.63, 3.8) is 0 Å². The van der Waals surface area contributed by atoms with Gasteiger partial charge in [-0.15, -0.1) is 0 Å². The van der Waals surface area contributed by atoms with Crippen LogP contribution in [0.1, 0.15) is 17.3 Å². The first kappa shape index (κ1) is 21.3. The molecule has 0 fully saturated rings. The highest BCUT2D eigenvalue weighted by molar-refractivity contribution is 7.92. The third kappa shape index (κ3) is 4.55. The van der Waals surface area contributed by atoms with Crippen molar-refractivity contribution in [1.29, 1.82) is 0 Å². The number of hydrogen-bond donors (Lipinski definition) is 1. The molecule has 0 aliphatic rings. The van der Waals surface area contributed by atoms with Crippen LogP contribution in [0.15, 0.2) is 94.2 Å². The number of oxazole rings is 1. The van der Waals surface area contributed by atoms with Crippen molar-refractivity contribution in [3.05, 3.63) is 90.5 Å². The standard InChI is InChI=1S/C24H20N2O5S/c1-2-30-23(27)19-13-15-20(16-14-19)32(28,29)26-24-25-21(17-9-5-3-6-10-17)22(31-24)18-11-7-4-8-12-18/h3-16H,2H2,1H3,(H,25,26). The number of rotatable bonds is 7. The minimum absolute atomic E-state index is 0.0359. The minimum Gasteiger partial charge on any atom is -0.462 e. The van der Waals surface area contributed by atoms with Gasteiger partial charge in [0.2, 0.25) is 0 Å². The Bertz CT molecular complexity index is 1260. The van der Waals surface area contributed by atoms with Crippen LogP contribution in [0.3, 0.4) is 0 Å². The zero-order chi connectivity index (χ0) is 22.6. The maximum atomic E-state index is 12.9. The third-order valence-electron chi connectivity index (χ3n) is 4.61. The lowest BCUT2D eigenvalue weighted by Gasteiger charge is -2.06. The van der Waals surface area contributed by atoms with Gasteiger partial charge in [-0.2, -0.15) is 4.98 Å². The summed E-state index contributed by atoms with van der Waals surface area (Å²) in [5.41, 5.74) is 2.34. The topological polar surface area (TPSA) is 98.5 Å². The fraction of sp³-hybridized carbons (Fsp3) is 0.0833. The van der Waals surface area contributed by atoms with E-state index in [0.29, 0.717) is 11.5 Å². The molecule has 0 atom stereocenters. The largest absolute Gasteiger partial charge is 0.462 e. The van der Waals surface area contributed by atoms with E-state index in [2.05, 4.69) is 9.71 Å². The second kappa shape index (κ2) is 9.07. The second-order valence-electron chi connectivity index (χ2n) is 6.78. The summed E-state index contributed by atoms with van der Waals surface area (Å²) in [7, 11) is -3.99. The van der Waals surface area contributed by atoms with E-state index >= 15 is 0 Å². The van der Waals surface area contributed by atoms with Gasteiger partial charge < -0.3 is 9.15 Å². The van der Waals surface area contributed by atoms with Crippen LogP contribution in [0, 0.1) is 0 Å². The lowest BCUT2D eigenvalue weighted by molar-refractivity contribution is 0.0526. The van der Waals surface area contributed by atoms with E-state index in [1.54, 1.807) is 6.92 Å². The molecule has 162 valence electrons. The summed E-state index contributed by atoms with van der Waals surface area (Å²) in [6.07, 6.45) is 0. The third-order valence-corrected chi connectivity index (χ3v) is 5.94. The number of carbonyl (C=O) groups excluding carboxylic acids is 1. The number of carbonyl (C=O) groups is 1. The van der Waals surface area contributed by atoms with Crippen LogP contribution >= 0.6 is 0 Å². The average Bonchev–Trinajstić information content (AvgIpc) is 3.23. The van der Waals surface area contributed by atoms with Crippen LogP contribution < -0.4 is 4.72 Å². The summed E-state index contributed by atoms with van der Waals surface area (Å²) >= 11 is 0. The summed E-state index contributed by atoms with van der Waals surface area (Å²) in [5.74, 6) is -0.0655. The molecule has 0 radical (unpaired) electrons. The zero-order valence-electron chi connectivity index (χ0n) is 17.2. The zero-order valence-corrected chi connectivity index (χ0v) is 18.0. The molecule has 1 N–H and O–H groups in total. The van der Waals surface area contributed by atoms with Crippen LogP contribution in [0.25, 0.3) is 22.6 Å². The molecule has 1 heterocycles. The van der Waals surface area contributed by atoms with Crippen molar-refractivity contribution in [2.45, 2.75) is 11.8 Å². The fourth-order valence-corrected chi connectivity index (χ4v) is 4.03. The number of nitrogens with zero attached hydrogens (tertiary/aromatic N) is 1. The molecule has 4 aromatic rings. The Hall–Kier alpha value is -3.91. The Morgan fingerprint density at radius 3 is 2.09 bits per heavy atom. The molecule has 8 heteroatoms. The van der Waals surface area contributed by atoms with Crippen molar-refractivity contribution < 1.29 is 22.4 Å². The molecule has 4 rings (SSSR count). The molecule has 0 spiro atoms. The monoisotopic (exact) mass is 448 g/mol. The summed E-state index contributed by atoms with van der Waals surface area (Å²) in [4.78, 5) is 16.2. The number of sulfonamides is 1. The van der Waals surface area contributed by atoms with Crippen LogP contribution in [-0.4, -0.2) is 26.0 Å². The van der Waals surface area contributed by atoms with Gasteiger partial charge in [0.05, 0.1) is 17.1 Å². The molecule has 0 saturated carbocycles. The van der Waals surface area contributed by atoms with E-state index < -0.39 is 16.0 Å². The molecular weight excluding hydrogens is 428 g/mol. The van der Waals surface area contributed by atoms with Crippen LogP contribution in [-0.2, 0) is 14.8 Å². The minimum atomic E-state index is -3.99. The molecule has 7 nitrogen and oxygen atoms in total. The van der Waals surface area contributed by atoms with Crippen molar-refractivity contribution in [1.82, 2.24) is 4.98 Å². The molecule has 1 aromatic heterocycles. The number of nitrogens with one attached hydrogen (secondary N) is 1. The van der Waals surface area contributed by atoms with Gasteiger partial charge in [-0.3, -0.25) is 0 Å². The smallest absolute Gasteiger partial charge is 0.338 e. The molecule has 0 amide bonds. The van der Waals surface area contributed by atoms with E-state index in [0.717, 1.165) is 11.1 Å². The fourth-order valence-electron chi connectivity index (χ4n) is 3.10. The Kier molecular flexibility index (Phi) is 6.04. The Morgan fingerprint density at radius 1 is 0.906 bits per heavy atom. The predicted octanol–water partition coefficient (Wildman–Crippen LogP) is 4.99. The van der Waals surface area contributed by atoms with Crippen molar-refractivity contribution in [2.75, 3.05) is 11.3 Å². The lowest BCUT2D eigenvalue weighted by atomic mass is 10.1. The molecule has 32 heavy (non-hydrogen) atoms. The summed E-state index contributed by atoms with van der Waals surface area (Å²) < 4.78 is 38.9. The lowest BCUT2D eigenvalue weighted by Crippen LogP contribution is -2.13. The number of hydrogen-bond acceptors (Lipinski definition) is 6. The summed E-state index contributed by atoms with van der Waals surface area (Å²) in [6.45, 7) is 1.93. The first-order valence-corrected chi connectivity index (χ1v) is 11.4. The van der Waals surface area contributed by atoms with Gasteiger partial charge in [0, 0.05) is 11.1 Å². The highest BCUT2D eigenvalue weighted by Crippen LogP contribution is 2.34. The van der Waals surface area contributed by atoms with Crippen molar-refractivity contribution in [3.8, 4) is 22.6 Å². The summed E-state index contributed by atoms with van der Waals surface area (Å²) in [6, 6.07) is 24.0. The van der Waals surface area contributed by atoms with E-state index in [1.165, 1.54) is 24.3 Å². The second-order valence-corrected chi connectivity index (χ2v) is 8.46. The van der Waals surface area contributed by atoms with E-state index in [1.807, 2.05) is 60.7 Å². The van der Waals surface area contributed by atoms with Crippen LogP contribution in [0.5, 0.6) is 0 Å². The normalized spacial score (nSPS) is 11.2. The molecule has 0 aliphatic heterocycles. The molecular formula is C24H20N2O5S. The maximum absolute atomic E-state index is 12.9. The van der Waals surface area contributed by atoms with E-state index in [9.17, 15) is 13.2 Å².